The average molecular weight is 306 g/mol. The SMILES string of the molecule is CNC1CCCN(Cc2nc3sc(C)c(C)c3c(=O)[nH]2)C1. The van der Waals surface area contributed by atoms with E-state index in [1.165, 1.54) is 17.7 Å². The number of piperidine rings is 1. The topological polar surface area (TPSA) is 61.0 Å². The molecule has 6 heteroatoms. The number of thiophene rings is 1. The second-order valence-corrected chi connectivity index (χ2v) is 7.04. The van der Waals surface area contributed by atoms with Crippen molar-refractivity contribution in [3.63, 3.8) is 0 Å². The molecule has 0 amide bonds. The van der Waals surface area contributed by atoms with Gasteiger partial charge >= 0.3 is 0 Å². The fourth-order valence-electron chi connectivity index (χ4n) is 3.02. The minimum atomic E-state index is -0.000902. The number of fused-ring (bicyclic) bond motifs is 1. The van der Waals surface area contributed by atoms with Gasteiger partial charge in [-0.15, -0.1) is 11.3 Å². The lowest BCUT2D eigenvalue weighted by Crippen LogP contribution is -2.44. The van der Waals surface area contributed by atoms with Gasteiger partial charge in [0.15, 0.2) is 0 Å². The number of aromatic amines is 1. The second-order valence-electron chi connectivity index (χ2n) is 5.84. The maximum atomic E-state index is 12.3. The largest absolute Gasteiger partial charge is 0.316 e. The van der Waals surface area contributed by atoms with E-state index >= 15 is 0 Å². The summed E-state index contributed by atoms with van der Waals surface area (Å²) in [6, 6.07) is 0.542. The van der Waals surface area contributed by atoms with Gasteiger partial charge < -0.3 is 10.3 Å². The first-order valence-electron chi connectivity index (χ1n) is 7.47. The van der Waals surface area contributed by atoms with Gasteiger partial charge in [0.25, 0.3) is 5.56 Å². The van der Waals surface area contributed by atoms with Crippen molar-refractivity contribution in [1.29, 1.82) is 0 Å². The van der Waals surface area contributed by atoms with Crippen LogP contribution in [-0.4, -0.2) is 41.0 Å². The third kappa shape index (κ3) is 2.88. The summed E-state index contributed by atoms with van der Waals surface area (Å²) in [5.74, 6) is 0.783. The number of hydrogen-bond acceptors (Lipinski definition) is 5. The molecule has 1 unspecified atom stereocenters. The number of rotatable bonds is 3. The molecular formula is C15H22N4OS. The summed E-state index contributed by atoms with van der Waals surface area (Å²) in [6.07, 6.45) is 2.41. The van der Waals surface area contributed by atoms with Gasteiger partial charge in [-0.3, -0.25) is 9.69 Å². The van der Waals surface area contributed by atoms with E-state index in [1.54, 1.807) is 11.3 Å². The molecule has 2 N–H and O–H groups in total. The van der Waals surface area contributed by atoms with E-state index in [1.807, 2.05) is 20.9 Å². The van der Waals surface area contributed by atoms with Crippen molar-refractivity contribution in [2.75, 3.05) is 20.1 Å². The van der Waals surface area contributed by atoms with Crippen molar-refractivity contribution in [1.82, 2.24) is 20.2 Å². The molecule has 0 aromatic carbocycles. The molecule has 5 nitrogen and oxygen atoms in total. The Morgan fingerprint density at radius 1 is 1.48 bits per heavy atom. The van der Waals surface area contributed by atoms with E-state index in [9.17, 15) is 4.79 Å². The number of likely N-dealkylation sites (tertiary alicyclic amines) is 1. The number of H-pyrrole nitrogens is 1. The van der Waals surface area contributed by atoms with E-state index in [0.717, 1.165) is 41.2 Å². The second kappa shape index (κ2) is 5.87. The fourth-order valence-corrected chi connectivity index (χ4v) is 4.07. The minimum Gasteiger partial charge on any atom is -0.316 e. The highest BCUT2D eigenvalue weighted by atomic mass is 32.1. The van der Waals surface area contributed by atoms with Crippen molar-refractivity contribution < 1.29 is 0 Å². The Balaban J connectivity index is 1.86. The summed E-state index contributed by atoms with van der Waals surface area (Å²) in [6.45, 7) is 6.85. The van der Waals surface area contributed by atoms with Crippen LogP contribution >= 0.6 is 11.3 Å². The number of aryl methyl sites for hydroxylation is 2. The van der Waals surface area contributed by atoms with Gasteiger partial charge in [-0.25, -0.2) is 4.98 Å². The van der Waals surface area contributed by atoms with Crippen molar-refractivity contribution in [2.45, 2.75) is 39.3 Å². The molecule has 114 valence electrons. The molecule has 0 saturated carbocycles. The zero-order valence-electron chi connectivity index (χ0n) is 12.8. The Hall–Kier alpha value is -1.24. The predicted octanol–water partition coefficient (Wildman–Crippen LogP) is 1.79. The first kappa shape index (κ1) is 14.7. The van der Waals surface area contributed by atoms with Crippen LogP contribution < -0.4 is 10.9 Å². The summed E-state index contributed by atoms with van der Waals surface area (Å²) in [4.78, 5) is 24.3. The molecule has 0 aliphatic carbocycles. The highest BCUT2D eigenvalue weighted by molar-refractivity contribution is 7.18. The van der Waals surface area contributed by atoms with Crippen LogP contribution in [0.1, 0.15) is 29.1 Å². The fraction of sp³-hybridized carbons (Fsp3) is 0.600. The lowest BCUT2D eigenvalue weighted by Gasteiger charge is -2.31. The predicted molar refractivity (Wildman–Crippen MR) is 87.1 cm³/mol. The summed E-state index contributed by atoms with van der Waals surface area (Å²) in [5, 5.41) is 4.10. The Morgan fingerprint density at radius 2 is 2.29 bits per heavy atom. The summed E-state index contributed by atoms with van der Waals surface area (Å²) >= 11 is 1.61. The van der Waals surface area contributed by atoms with E-state index in [2.05, 4.69) is 20.2 Å². The number of nitrogens with one attached hydrogen (secondary N) is 2. The van der Waals surface area contributed by atoms with Crippen LogP contribution in [0.5, 0.6) is 0 Å². The monoisotopic (exact) mass is 306 g/mol. The molecule has 2 aromatic rings. The molecule has 1 fully saturated rings. The molecule has 0 bridgehead atoms. The average Bonchev–Trinajstić information content (AvgIpc) is 2.74. The first-order valence-corrected chi connectivity index (χ1v) is 8.28. The molecule has 2 aromatic heterocycles. The standard InChI is InChI=1S/C15H22N4OS/c1-9-10(2)21-15-13(9)14(20)17-12(18-15)8-19-6-4-5-11(7-19)16-3/h11,16H,4-8H2,1-3H3,(H,17,18,20). The molecule has 21 heavy (non-hydrogen) atoms. The van der Waals surface area contributed by atoms with Gasteiger partial charge in [0.2, 0.25) is 0 Å². The number of likely N-dealkylation sites (N-methyl/N-ethyl adjacent to an activating group) is 1. The zero-order valence-corrected chi connectivity index (χ0v) is 13.6. The smallest absolute Gasteiger partial charge is 0.259 e. The molecule has 1 saturated heterocycles. The molecular weight excluding hydrogens is 284 g/mol. The number of aromatic nitrogens is 2. The number of nitrogens with zero attached hydrogens (tertiary/aromatic N) is 2. The van der Waals surface area contributed by atoms with Gasteiger partial charge in [0.1, 0.15) is 10.7 Å². The van der Waals surface area contributed by atoms with Crippen LogP contribution in [0.25, 0.3) is 10.2 Å². The van der Waals surface area contributed by atoms with Gasteiger partial charge in [-0.1, -0.05) is 0 Å². The normalized spacial score (nSPS) is 20.2. The Bertz CT molecular complexity index is 705. The van der Waals surface area contributed by atoms with Gasteiger partial charge in [-0.05, 0) is 45.8 Å². The molecule has 0 radical (unpaired) electrons. The van der Waals surface area contributed by atoms with Crippen molar-refractivity contribution in [2.24, 2.45) is 0 Å². The maximum Gasteiger partial charge on any atom is 0.259 e. The van der Waals surface area contributed by atoms with E-state index in [0.29, 0.717) is 6.04 Å². The lowest BCUT2D eigenvalue weighted by molar-refractivity contribution is 0.184. The van der Waals surface area contributed by atoms with Crippen LogP contribution in [0, 0.1) is 13.8 Å². The van der Waals surface area contributed by atoms with Crippen LogP contribution in [0.4, 0.5) is 0 Å². The van der Waals surface area contributed by atoms with E-state index in [-0.39, 0.29) is 5.56 Å². The van der Waals surface area contributed by atoms with Crippen LogP contribution in [0.2, 0.25) is 0 Å². The van der Waals surface area contributed by atoms with Crippen LogP contribution in [0.3, 0.4) is 0 Å². The van der Waals surface area contributed by atoms with Gasteiger partial charge in [0, 0.05) is 17.5 Å². The van der Waals surface area contributed by atoms with Crippen molar-refractivity contribution in [3.8, 4) is 0 Å². The highest BCUT2D eigenvalue weighted by Crippen LogP contribution is 2.25. The zero-order chi connectivity index (χ0) is 15.0. The highest BCUT2D eigenvalue weighted by Gasteiger charge is 2.20. The van der Waals surface area contributed by atoms with Crippen molar-refractivity contribution >= 4 is 21.6 Å². The molecule has 1 aliphatic heterocycles. The molecule has 3 rings (SSSR count). The van der Waals surface area contributed by atoms with Crippen LogP contribution in [-0.2, 0) is 6.54 Å². The third-order valence-corrected chi connectivity index (χ3v) is 5.48. The molecule has 0 spiro atoms. The Kier molecular flexibility index (Phi) is 4.10. The first-order chi connectivity index (χ1) is 10.1. The summed E-state index contributed by atoms with van der Waals surface area (Å²) in [7, 11) is 2.01. The van der Waals surface area contributed by atoms with E-state index < -0.39 is 0 Å². The Morgan fingerprint density at radius 3 is 3.05 bits per heavy atom. The van der Waals surface area contributed by atoms with Crippen LogP contribution in [0.15, 0.2) is 4.79 Å². The summed E-state index contributed by atoms with van der Waals surface area (Å²) < 4.78 is 0. The van der Waals surface area contributed by atoms with E-state index in [4.69, 9.17) is 0 Å². The van der Waals surface area contributed by atoms with Gasteiger partial charge in [-0.2, -0.15) is 0 Å². The van der Waals surface area contributed by atoms with Crippen molar-refractivity contribution in [3.05, 3.63) is 26.6 Å². The Labute approximate surface area is 128 Å². The number of hydrogen-bond donors (Lipinski definition) is 2. The minimum absolute atomic E-state index is 0.000902. The quantitative estimate of drug-likeness (QED) is 0.907. The molecule has 1 aliphatic rings. The molecule has 1 atom stereocenters. The maximum absolute atomic E-state index is 12.3. The molecule has 3 heterocycles. The summed E-state index contributed by atoms with van der Waals surface area (Å²) in [5.41, 5.74) is 1.06. The lowest BCUT2D eigenvalue weighted by atomic mass is 10.1. The van der Waals surface area contributed by atoms with Gasteiger partial charge in [0.05, 0.1) is 11.9 Å². The third-order valence-electron chi connectivity index (χ3n) is 4.38.